The Morgan fingerprint density at radius 1 is 0.952 bits per heavy atom. The van der Waals surface area contributed by atoms with Crippen molar-refractivity contribution in [1.29, 1.82) is 0 Å². The van der Waals surface area contributed by atoms with Crippen LogP contribution in [0.1, 0.15) is 27.2 Å². The van der Waals surface area contributed by atoms with E-state index in [9.17, 15) is 39.6 Å². The summed E-state index contributed by atoms with van der Waals surface area (Å²) in [5, 5.41) is 48.5. The molecule has 0 rings (SSSR count). The molecule has 0 aromatic heterocycles. The van der Waals surface area contributed by atoms with Crippen LogP contribution in [0.3, 0.4) is 0 Å². The monoisotopic (exact) mass is 306 g/mol. The first-order chi connectivity index (χ1) is 9.32. The normalized spacial score (nSPS) is 19.8. The average molecular weight is 306 g/mol. The van der Waals surface area contributed by atoms with Crippen molar-refractivity contribution >= 4 is 23.3 Å². The molecule has 0 amide bonds. The quantitative estimate of drug-likeness (QED) is 0.323. The van der Waals surface area contributed by atoms with Crippen molar-refractivity contribution < 1.29 is 44.7 Å². The van der Waals surface area contributed by atoms with Crippen molar-refractivity contribution in [2.45, 2.75) is 50.6 Å². The Morgan fingerprint density at radius 3 is 1.62 bits per heavy atom. The van der Waals surface area contributed by atoms with E-state index >= 15 is 0 Å². The van der Waals surface area contributed by atoms with Crippen LogP contribution in [-0.4, -0.2) is 72.3 Å². The maximum absolute atomic E-state index is 11.6. The van der Waals surface area contributed by atoms with E-state index in [1.54, 1.807) is 0 Å². The number of aliphatic hydroxyl groups is 4. The van der Waals surface area contributed by atoms with Gasteiger partial charge in [0, 0.05) is 0 Å². The van der Waals surface area contributed by atoms with Crippen LogP contribution in [0.5, 0.6) is 0 Å². The average Bonchev–Trinajstić information content (AvgIpc) is 2.33. The Hall–Kier alpha value is -1.68. The molecule has 9 nitrogen and oxygen atoms in total. The van der Waals surface area contributed by atoms with Crippen LogP contribution in [0.15, 0.2) is 0 Å². The molecular formula is C12H18O9. The van der Waals surface area contributed by atoms with E-state index in [0.29, 0.717) is 13.8 Å². The van der Waals surface area contributed by atoms with E-state index in [4.69, 9.17) is 5.11 Å². The maximum Gasteiger partial charge on any atom is 0.306 e. The van der Waals surface area contributed by atoms with Crippen molar-refractivity contribution in [3.05, 3.63) is 0 Å². The molecule has 0 aliphatic heterocycles. The summed E-state index contributed by atoms with van der Waals surface area (Å²) in [4.78, 5) is 45.0. The number of carbonyl (C=O) groups is 4. The lowest BCUT2D eigenvalue weighted by atomic mass is 9.70. The van der Waals surface area contributed by atoms with Gasteiger partial charge in [-0.05, 0) is 20.8 Å². The molecule has 0 aromatic rings. The van der Waals surface area contributed by atoms with Crippen molar-refractivity contribution in [2.75, 3.05) is 0 Å². The van der Waals surface area contributed by atoms with Gasteiger partial charge in [-0.3, -0.25) is 19.2 Å². The summed E-state index contributed by atoms with van der Waals surface area (Å²) < 4.78 is 0. The Balaban J connectivity index is 6.15. The highest BCUT2D eigenvalue weighted by Crippen LogP contribution is 2.33. The second-order valence-corrected chi connectivity index (χ2v) is 4.81. The van der Waals surface area contributed by atoms with Crippen molar-refractivity contribution in [3.8, 4) is 0 Å². The minimum atomic E-state index is -3.36. The van der Waals surface area contributed by atoms with Gasteiger partial charge in [0.2, 0.25) is 0 Å². The number of ketones is 3. The van der Waals surface area contributed by atoms with Crippen LogP contribution in [0.25, 0.3) is 0 Å². The number of carbonyl (C=O) groups excluding carboxylic acids is 3. The highest BCUT2D eigenvalue weighted by Gasteiger charge is 2.63. The topological polar surface area (TPSA) is 169 Å². The first kappa shape index (κ1) is 19.3. The third kappa shape index (κ3) is 3.32. The summed E-state index contributed by atoms with van der Waals surface area (Å²) in [6, 6.07) is 0. The molecule has 21 heavy (non-hydrogen) atoms. The van der Waals surface area contributed by atoms with E-state index in [-0.39, 0.29) is 0 Å². The molecule has 0 saturated heterocycles. The summed E-state index contributed by atoms with van der Waals surface area (Å²) in [6.07, 6.45) is -6.28. The number of hydrogen-bond acceptors (Lipinski definition) is 8. The molecule has 0 spiro atoms. The van der Waals surface area contributed by atoms with Gasteiger partial charge in [-0.25, -0.2) is 0 Å². The number of hydrogen-bond donors (Lipinski definition) is 5. The molecule has 1 unspecified atom stereocenters. The number of rotatable bonds is 8. The number of Topliss-reactive ketones (excluding diaryl/α,β-unsaturated/α-hetero) is 3. The summed E-state index contributed by atoms with van der Waals surface area (Å²) >= 11 is 0. The zero-order valence-electron chi connectivity index (χ0n) is 11.7. The van der Waals surface area contributed by atoms with Crippen LogP contribution >= 0.6 is 0 Å². The predicted octanol–water partition coefficient (Wildman–Crippen LogP) is -2.59. The molecule has 9 heteroatoms. The van der Waals surface area contributed by atoms with E-state index in [1.807, 2.05) is 0 Å². The number of aliphatic hydroxyl groups excluding tert-OH is 2. The fourth-order valence-corrected chi connectivity index (χ4v) is 1.94. The van der Waals surface area contributed by atoms with Crippen LogP contribution in [0.4, 0.5) is 0 Å². The summed E-state index contributed by atoms with van der Waals surface area (Å²) in [5.41, 5.74) is -6.57. The minimum absolute atomic E-state index is 0.672. The van der Waals surface area contributed by atoms with Gasteiger partial charge in [0.05, 0.1) is 6.42 Å². The molecule has 0 fully saturated rings. The standard InChI is InChI=1S/C12H18O9/c1-5(13)9(18)10(19)12(21,7(3)15)11(20,6(2)14)4-8(16)17/h9-10,18-21H,4H2,1-3H3,(H,16,17)/t9?,10-,11+,12-/m1/s1. The number of carboxylic acid groups (broad SMARTS) is 1. The lowest BCUT2D eigenvalue weighted by molar-refractivity contribution is -0.218. The number of carboxylic acids is 1. The van der Waals surface area contributed by atoms with Gasteiger partial charge < -0.3 is 25.5 Å². The molecule has 0 saturated carbocycles. The summed E-state index contributed by atoms with van der Waals surface area (Å²) in [6.45, 7) is 2.20. The lowest BCUT2D eigenvalue weighted by Crippen LogP contribution is -2.71. The van der Waals surface area contributed by atoms with Gasteiger partial charge in [0.1, 0.15) is 12.2 Å². The fourth-order valence-electron chi connectivity index (χ4n) is 1.94. The lowest BCUT2D eigenvalue weighted by Gasteiger charge is -2.43. The molecule has 0 heterocycles. The SMILES string of the molecule is CC(=O)C(O)[C@@H](O)[C@](O)(C(C)=O)[C@](O)(CC(=O)O)C(C)=O. The zero-order chi connectivity index (χ0) is 17.2. The molecule has 5 N–H and O–H groups in total. The van der Waals surface area contributed by atoms with Crippen LogP contribution in [0, 0.1) is 0 Å². The van der Waals surface area contributed by atoms with Crippen LogP contribution < -0.4 is 0 Å². The molecule has 0 bridgehead atoms. The van der Waals surface area contributed by atoms with E-state index < -0.39 is 53.1 Å². The molecule has 0 aromatic carbocycles. The van der Waals surface area contributed by atoms with Crippen molar-refractivity contribution in [2.24, 2.45) is 0 Å². The first-order valence-corrected chi connectivity index (χ1v) is 5.87. The highest BCUT2D eigenvalue weighted by atomic mass is 16.4. The van der Waals surface area contributed by atoms with E-state index in [1.165, 1.54) is 0 Å². The van der Waals surface area contributed by atoms with E-state index in [0.717, 1.165) is 6.92 Å². The van der Waals surface area contributed by atoms with Crippen molar-refractivity contribution in [1.82, 2.24) is 0 Å². The molecule has 0 radical (unpaired) electrons. The summed E-state index contributed by atoms with van der Waals surface area (Å²) in [7, 11) is 0. The fraction of sp³-hybridized carbons (Fsp3) is 0.667. The zero-order valence-corrected chi connectivity index (χ0v) is 11.7. The van der Waals surface area contributed by atoms with Crippen molar-refractivity contribution in [3.63, 3.8) is 0 Å². The molecule has 0 aliphatic carbocycles. The van der Waals surface area contributed by atoms with Gasteiger partial charge in [-0.2, -0.15) is 0 Å². The summed E-state index contributed by atoms with van der Waals surface area (Å²) in [5.74, 6) is -5.49. The van der Waals surface area contributed by atoms with Gasteiger partial charge in [0.15, 0.2) is 28.6 Å². The Bertz CT molecular complexity index is 471. The maximum atomic E-state index is 11.6. The van der Waals surface area contributed by atoms with Crippen LogP contribution in [-0.2, 0) is 19.2 Å². The van der Waals surface area contributed by atoms with Gasteiger partial charge in [0.25, 0.3) is 0 Å². The third-order valence-electron chi connectivity index (χ3n) is 3.30. The number of aliphatic carboxylic acids is 1. The second-order valence-electron chi connectivity index (χ2n) is 4.81. The predicted molar refractivity (Wildman–Crippen MR) is 66.2 cm³/mol. The van der Waals surface area contributed by atoms with Gasteiger partial charge >= 0.3 is 5.97 Å². The van der Waals surface area contributed by atoms with Gasteiger partial charge in [-0.1, -0.05) is 0 Å². The highest BCUT2D eigenvalue weighted by molar-refractivity contribution is 6.00. The second kappa shape index (κ2) is 6.39. The molecule has 0 aliphatic rings. The van der Waals surface area contributed by atoms with Gasteiger partial charge in [-0.15, -0.1) is 0 Å². The van der Waals surface area contributed by atoms with Crippen LogP contribution in [0.2, 0.25) is 0 Å². The molecular weight excluding hydrogens is 288 g/mol. The van der Waals surface area contributed by atoms with E-state index in [2.05, 4.69) is 0 Å². The third-order valence-corrected chi connectivity index (χ3v) is 3.30. The first-order valence-electron chi connectivity index (χ1n) is 5.87. The molecule has 4 atom stereocenters. The molecule has 120 valence electrons. The smallest absolute Gasteiger partial charge is 0.306 e. The Labute approximate surface area is 119 Å². The Morgan fingerprint density at radius 2 is 1.38 bits per heavy atom. The Kier molecular flexibility index (Phi) is 5.88. The largest absolute Gasteiger partial charge is 0.481 e. The minimum Gasteiger partial charge on any atom is -0.481 e.